The van der Waals surface area contributed by atoms with Gasteiger partial charge in [-0.2, -0.15) is 0 Å². The third kappa shape index (κ3) is 5.38. The predicted molar refractivity (Wildman–Crippen MR) is 120 cm³/mol. The summed E-state index contributed by atoms with van der Waals surface area (Å²) in [5.74, 6) is -0.109. The Morgan fingerprint density at radius 3 is 2.47 bits per heavy atom. The molecule has 5 nitrogen and oxygen atoms in total. The van der Waals surface area contributed by atoms with Gasteiger partial charge in [0.2, 0.25) is 0 Å². The summed E-state index contributed by atoms with van der Waals surface area (Å²) in [6, 6.07) is 21.4. The second-order valence-corrected chi connectivity index (χ2v) is 7.68. The molecule has 0 aliphatic heterocycles. The van der Waals surface area contributed by atoms with Gasteiger partial charge < -0.3 is 14.8 Å². The SMILES string of the molecule is Cc1cccc(C(=O)N(C)C(CCNC(=O)c2cccn2C)Cc2ccccc2)c1. The number of benzene rings is 2. The van der Waals surface area contributed by atoms with Crippen LogP contribution in [0.4, 0.5) is 0 Å². The van der Waals surface area contributed by atoms with Crippen LogP contribution in [0.1, 0.15) is 38.4 Å². The van der Waals surface area contributed by atoms with E-state index in [1.54, 1.807) is 15.5 Å². The minimum atomic E-state index is -0.103. The fourth-order valence-electron chi connectivity index (χ4n) is 3.61. The van der Waals surface area contributed by atoms with Gasteiger partial charge in [-0.3, -0.25) is 9.59 Å². The van der Waals surface area contributed by atoms with Crippen molar-refractivity contribution in [1.29, 1.82) is 0 Å². The van der Waals surface area contributed by atoms with Crippen LogP contribution in [0, 0.1) is 6.92 Å². The molecule has 30 heavy (non-hydrogen) atoms. The molecule has 1 heterocycles. The number of amides is 2. The van der Waals surface area contributed by atoms with Crippen molar-refractivity contribution in [2.24, 2.45) is 7.05 Å². The number of carbonyl (C=O) groups is 2. The minimum absolute atomic E-state index is 0.00612. The molecule has 0 bridgehead atoms. The highest BCUT2D eigenvalue weighted by Crippen LogP contribution is 2.15. The molecular formula is C25H29N3O2. The molecular weight excluding hydrogens is 374 g/mol. The lowest BCUT2D eigenvalue weighted by molar-refractivity contribution is 0.0722. The Morgan fingerprint density at radius 1 is 1.03 bits per heavy atom. The molecule has 0 radical (unpaired) electrons. The van der Waals surface area contributed by atoms with Crippen LogP contribution in [0.3, 0.4) is 0 Å². The number of nitrogens with zero attached hydrogens (tertiary/aromatic N) is 2. The molecule has 0 spiro atoms. The van der Waals surface area contributed by atoms with Crippen LogP contribution in [0.15, 0.2) is 72.9 Å². The molecule has 3 aromatic rings. The molecule has 1 aromatic heterocycles. The van der Waals surface area contributed by atoms with E-state index in [4.69, 9.17) is 0 Å². The Hall–Kier alpha value is -3.34. The lowest BCUT2D eigenvalue weighted by atomic mass is 10.0. The first-order valence-corrected chi connectivity index (χ1v) is 10.2. The number of nitrogens with one attached hydrogen (secondary N) is 1. The van der Waals surface area contributed by atoms with Crippen molar-refractivity contribution in [1.82, 2.24) is 14.8 Å². The smallest absolute Gasteiger partial charge is 0.267 e. The summed E-state index contributed by atoms with van der Waals surface area (Å²) in [7, 11) is 3.69. The Bertz CT molecular complexity index is 994. The van der Waals surface area contributed by atoms with Crippen molar-refractivity contribution < 1.29 is 9.59 Å². The zero-order chi connectivity index (χ0) is 21.5. The quantitative estimate of drug-likeness (QED) is 0.621. The second-order valence-electron chi connectivity index (χ2n) is 7.68. The summed E-state index contributed by atoms with van der Waals surface area (Å²) in [5, 5.41) is 2.99. The largest absolute Gasteiger partial charge is 0.351 e. The number of carbonyl (C=O) groups excluding carboxylic acids is 2. The Labute approximate surface area is 178 Å². The monoisotopic (exact) mass is 403 g/mol. The second kappa shape index (κ2) is 9.92. The van der Waals surface area contributed by atoms with Gasteiger partial charge in [0.15, 0.2) is 0 Å². The fourth-order valence-corrected chi connectivity index (χ4v) is 3.61. The van der Waals surface area contributed by atoms with Crippen molar-refractivity contribution in [2.75, 3.05) is 13.6 Å². The van der Waals surface area contributed by atoms with Crippen molar-refractivity contribution in [3.8, 4) is 0 Å². The maximum Gasteiger partial charge on any atom is 0.267 e. The van der Waals surface area contributed by atoms with E-state index in [0.717, 1.165) is 12.0 Å². The van der Waals surface area contributed by atoms with Crippen LogP contribution in [-0.2, 0) is 13.5 Å². The van der Waals surface area contributed by atoms with E-state index in [2.05, 4.69) is 17.4 Å². The van der Waals surface area contributed by atoms with Gasteiger partial charge in [-0.25, -0.2) is 0 Å². The zero-order valence-electron chi connectivity index (χ0n) is 17.8. The number of aromatic nitrogens is 1. The molecule has 0 saturated heterocycles. The van der Waals surface area contributed by atoms with Gasteiger partial charge in [-0.15, -0.1) is 0 Å². The first-order chi connectivity index (χ1) is 14.5. The van der Waals surface area contributed by atoms with Crippen molar-refractivity contribution in [3.63, 3.8) is 0 Å². The van der Waals surface area contributed by atoms with E-state index in [1.807, 2.05) is 75.7 Å². The average Bonchev–Trinajstić information content (AvgIpc) is 3.18. The number of hydrogen-bond acceptors (Lipinski definition) is 2. The molecule has 1 unspecified atom stereocenters. The van der Waals surface area contributed by atoms with Crippen LogP contribution >= 0.6 is 0 Å². The van der Waals surface area contributed by atoms with E-state index >= 15 is 0 Å². The maximum atomic E-state index is 13.1. The molecule has 5 heteroatoms. The summed E-state index contributed by atoms with van der Waals surface area (Å²) >= 11 is 0. The van der Waals surface area contributed by atoms with E-state index in [0.29, 0.717) is 24.2 Å². The molecule has 1 atom stereocenters. The normalized spacial score (nSPS) is 11.7. The van der Waals surface area contributed by atoms with Crippen LogP contribution in [0.2, 0.25) is 0 Å². The number of aryl methyl sites for hydroxylation is 2. The standard InChI is InChI=1S/C25H29N3O2/c1-19-9-7-12-21(17-19)25(30)28(3)22(18-20-10-5-4-6-11-20)14-15-26-24(29)23-13-8-16-27(23)2/h4-13,16-17,22H,14-15,18H2,1-3H3,(H,26,29). The van der Waals surface area contributed by atoms with Crippen LogP contribution in [0.5, 0.6) is 0 Å². The summed E-state index contributed by atoms with van der Waals surface area (Å²) in [6.07, 6.45) is 3.25. The summed E-state index contributed by atoms with van der Waals surface area (Å²) in [6.45, 7) is 2.48. The highest BCUT2D eigenvalue weighted by molar-refractivity contribution is 5.94. The van der Waals surface area contributed by atoms with Crippen LogP contribution in [0.25, 0.3) is 0 Å². The maximum absolute atomic E-state index is 13.1. The lowest BCUT2D eigenvalue weighted by Gasteiger charge is -2.29. The van der Waals surface area contributed by atoms with Gasteiger partial charge in [0.25, 0.3) is 11.8 Å². The van der Waals surface area contributed by atoms with Crippen LogP contribution < -0.4 is 5.32 Å². The first kappa shape index (κ1) is 21.4. The van der Waals surface area contributed by atoms with Gasteiger partial charge >= 0.3 is 0 Å². The van der Waals surface area contributed by atoms with E-state index < -0.39 is 0 Å². The summed E-state index contributed by atoms with van der Waals surface area (Å²) < 4.78 is 1.80. The van der Waals surface area contributed by atoms with Gasteiger partial charge in [-0.1, -0.05) is 48.0 Å². The Balaban J connectivity index is 1.70. The van der Waals surface area contributed by atoms with Crippen LogP contribution in [-0.4, -0.2) is 40.9 Å². The molecule has 0 aliphatic rings. The van der Waals surface area contributed by atoms with E-state index in [-0.39, 0.29) is 17.9 Å². The van der Waals surface area contributed by atoms with Gasteiger partial charge in [0.05, 0.1) is 0 Å². The average molecular weight is 404 g/mol. The molecule has 156 valence electrons. The fraction of sp³-hybridized carbons (Fsp3) is 0.280. The number of hydrogen-bond donors (Lipinski definition) is 1. The Kier molecular flexibility index (Phi) is 7.07. The topological polar surface area (TPSA) is 54.3 Å². The lowest BCUT2D eigenvalue weighted by Crippen LogP contribution is -2.41. The van der Waals surface area contributed by atoms with Gasteiger partial charge in [-0.05, 0) is 49.6 Å². The zero-order valence-corrected chi connectivity index (χ0v) is 17.8. The number of rotatable bonds is 8. The van der Waals surface area contributed by atoms with E-state index in [9.17, 15) is 9.59 Å². The highest BCUT2D eigenvalue weighted by Gasteiger charge is 2.22. The minimum Gasteiger partial charge on any atom is -0.351 e. The van der Waals surface area contributed by atoms with Gasteiger partial charge in [0, 0.05) is 38.4 Å². The first-order valence-electron chi connectivity index (χ1n) is 10.2. The van der Waals surface area contributed by atoms with Crippen molar-refractivity contribution >= 4 is 11.8 Å². The molecule has 0 fully saturated rings. The third-order valence-corrected chi connectivity index (χ3v) is 5.39. The molecule has 0 saturated carbocycles. The molecule has 1 N–H and O–H groups in total. The van der Waals surface area contributed by atoms with Gasteiger partial charge in [0.1, 0.15) is 5.69 Å². The van der Waals surface area contributed by atoms with E-state index in [1.165, 1.54) is 5.56 Å². The predicted octanol–water partition coefficient (Wildman–Crippen LogP) is 3.84. The Morgan fingerprint density at radius 2 is 1.80 bits per heavy atom. The molecule has 3 rings (SSSR count). The summed E-state index contributed by atoms with van der Waals surface area (Å²) in [4.78, 5) is 27.3. The molecule has 0 aliphatic carbocycles. The van der Waals surface area contributed by atoms with Crippen molar-refractivity contribution in [3.05, 3.63) is 95.3 Å². The third-order valence-electron chi connectivity index (χ3n) is 5.39. The van der Waals surface area contributed by atoms with Crippen molar-refractivity contribution in [2.45, 2.75) is 25.8 Å². The molecule has 2 amide bonds. The highest BCUT2D eigenvalue weighted by atomic mass is 16.2. The summed E-state index contributed by atoms with van der Waals surface area (Å²) in [5.41, 5.74) is 3.53. The number of likely N-dealkylation sites (N-methyl/N-ethyl adjacent to an activating group) is 1. The molecule has 2 aromatic carbocycles.